The molecule has 0 aliphatic heterocycles. The Morgan fingerprint density at radius 3 is 2.76 bits per heavy atom. The summed E-state index contributed by atoms with van der Waals surface area (Å²) < 4.78 is 0. The van der Waals surface area contributed by atoms with Crippen LogP contribution in [0, 0.1) is 0 Å². The average Bonchev–Trinajstić information content (AvgIpc) is 2.38. The highest BCUT2D eigenvalue weighted by molar-refractivity contribution is 5.92. The lowest BCUT2D eigenvalue weighted by Gasteiger charge is -2.20. The topological polar surface area (TPSA) is 91.5 Å². The number of aliphatic hydroxyl groups excluding tert-OH is 1. The van der Waals surface area contributed by atoms with E-state index in [9.17, 15) is 4.79 Å². The number of nitrogens with zero attached hydrogens (tertiary/aromatic N) is 2. The van der Waals surface area contributed by atoms with Crippen LogP contribution in [0.25, 0.3) is 0 Å². The lowest BCUT2D eigenvalue weighted by molar-refractivity contribution is 0.0716. The first-order chi connectivity index (χ1) is 8.22. The van der Waals surface area contributed by atoms with Crippen LogP contribution in [-0.2, 0) is 0 Å². The van der Waals surface area contributed by atoms with Gasteiger partial charge in [0.25, 0.3) is 5.91 Å². The van der Waals surface area contributed by atoms with Crippen molar-refractivity contribution >= 4 is 11.6 Å². The van der Waals surface area contributed by atoms with E-state index < -0.39 is 0 Å². The molecule has 17 heavy (non-hydrogen) atoms. The lowest BCUT2D eigenvalue weighted by Crippen LogP contribution is -2.34. The van der Waals surface area contributed by atoms with Crippen LogP contribution in [0.1, 0.15) is 23.8 Å². The predicted octanol–water partition coefficient (Wildman–Crippen LogP) is 0.212. The van der Waals surface area contributed by atoms with Gasteiger partial charge in [-0.05, 0) is 18.6 Å². The third-order valence-corrected chi connectivity index (χ3v) is 2.30. The van der Waals surface area contributed by atoms with Gasteiger partial charge in [0, 0.05) is 13.1 Å². The van der Waals surface area contributed by atoms with Gasteiger partial charge in [-0.25, -0.2) is 4.98 Å². The van der Waals surface area contributed by atoms with E-state index in [1.54, 1.807) is 17.0 Å². The van der Waals surface area contributed by atoms with Crippen LogP contribution < -0.4 is 11.3 Å². The van der Waals surface area contributed by atoms with E-state index in [0.29, 0.717) is 24.5 Å². The van der Waals surface area contributed by atoms with Gasteiger partial charge in [-0.15, -0.1) is 0 Å². The molecule has 0 bridgehead atoms. The van der Waals surface area contributed by atoms with Crippen molar-refractivity contribution in [2.75, 3.05) is 25.1 Å². The number of carbonyl (C=O) groups excluding carboxylic acids is 1. The number of hydrazine groups is 1. The Bertz CT molecular complexity index is 347. The number of hydrogen-bond donors (Lipinski definition) is 3. The highest BCUT2D eigenvalue weighted by Gasteiger charge is 2.15. The zero-order chi connectivity index (χ0) is 12.7. The van der Waals surface area contributed by atoms with E-state index in [1.807, 2.05) is 6.92 Å². The van der Waals surface area contributed by atoms with Crippen molar-refractivity contribution in [2.24, 2.45) is 5.84 Å². The molecular weight excluding hydrogens is 220 g/mol. The Hall–Kier alpha value is -1.66. The molecule has 0 aliphatic rings. The monoisotopic (exact) mass is 238 g/mol. The van der Waals surface area contributed by atoms with E-state index in [4.69, 9.17) is 10.9 Å². The Morgan fingerprint density at radius 1 is 1.53 bits per heavy atom. The van der Waals surface area contributed by atoms with Crippen LogP contribution in [0.15, 0.2) is 18.3 Å². The number of aliphatic hydroxyl groups is 1. The summed E-state index contributed by atoms with van der Waals surface area (Å²) in [7, 11) is 0. The van der Waals surface area contributed by atoms with E-state index in [0.717, 1.165) is 6.42 Å². The molecule has 0 saturated carbocycles. The van der Waals surface area contributed by atoms with Crippen molar-refractivity contribution in [3.63, 3.8) is 0 Å². The van der Waals surface area contributed by atoms with Crippen LogP contribution in [0.4, 0.5) is 5.69 Å². The number of hydrogen-bond acceptors (Lipinski definition) is 5. The van der Waals surface area contributed by atoms with Gasteiger partial charge in [-0.3, -0.25) is 10.6 Å². The second kappa shape index (κ2) is 6.82. The summed E-state index contributed by atoms with van der Waals surface area (Å²) in [6.07, 6.45) is 2.34. The van der Waals surface area contributed by atoms with Gasteiger partial charge in [0.2, 0.25) is 0 Å². The maximum Gasteiger partial charge on any atom is 0.272 e. The molecule has 1 aromatic heterocycles. The highest BCUT2D eigenvalue weighted by atomic mass is 16.3. The largest absolute Gasteiger partial charge is 0.395 e. The Kier molecular flexibility index (Phi) is 5.38. The third-order valence-electron chi connectivity index (χ3n) is 2.30. The van der Waals surface area contributed by atoms with Crippen LogP contribution >= 0.6 is 0 Å². The summed E-state index contributed by atoms with van der Waals surface area (Å²) in [6.45, 7) is 2.86. The van der Waals surface area contributed by atoms with Gasteiger partial charge in [0.1, 0.15) is 5.69 Å². The molecule has 0 fully saturated rings. The number of carbonyl (C=O) groups is 1. The molecule has 1 rings (SSSR count). The van der Waals surface area contributed by atoms with Crippen LogP contribution in [-0.4, -0.2) is 40.6 Å². The molecule has 0 unspecified atom stereocenters. The normalized spacial score (nSPS) is 10.1. The molecule has 6 nitrogen and oxygen atoms in total. The van der Waals surface area contributed by atoms with Crippen LogP contribution in [0.5, 0.6) is 0 Å². The molecule has 1 aromatic rings. The van der Waals surface area contributed by atoms with Gasteiger partial charge >= 0.3 is 0 Å². The molecule has 94 valence electrons. The molecule has 0 aliphatic carbocycles. The maximum absolute atomic E-state index is 12.0. The molecule has 0 spiro atoms. The molecule has 1 amide bonds. The van der Waals surface area contributed by atoms with Crippen LogP contribution in [0.2, 0.25) is 0 Å². The van der Waals surface area contributed by atoms with Gasteiger partial charge < -0.3 is 15.4 Å². The number of anilines is 1. The Morgan fingerprint density at radius 2 is 2.29 bits per heavy atom. The fourth-order valence-electron chi connectivity index (χ4n) is 1.47. The molecule has 4 N–H and O–H groups in total. The summed E-state index contributed by atoms with van der Waals surface area (Å²) in [5.74, 6) is 5.04. The predicted molar refractivity (Wildman–Crippen MR) is 65.3 cm³/mol. The first-order valence-corrected chi connectivity index (χ1v) is 5.55. The van der Waals surface area contributed by atoms with Gasteiger partial charge in [-0.1, -0.05) is 6.92 Å². The minimum atomic E-state index is -0.176. The molecule has 0 radical (unpaired) electrons. The van der Waals surface area contributed by atoms with Gasteiger partial charge in [0.05, 0.1) is 18.5 Å². The van der Waals surface area contributed by atoms with Gasteiger partial charge in [0.15, 0.2) is 0 Å². The third kappa shape index (κ3) is 3.69. The number of nitrogen functional groups attached to an aromatic ring is 1. The molecule has 6 heteroatoms. The fraction of sp³-hybridized carbons (Fsp3) is 0.455. The number of nitrogens with one attached hydrogen (secondary N) is 1. The van der Waals surface area contributed by atoms with Crippen molar-refractivity contribution in [1.82, 2.24) is 9.88 Å². The van der Waals surface area contributed by atoms with Crippen LogP contribution in [0.3, 0.4) is 0 Å². The fourth-order valence-corrected chi connectivity index (χ4v) is 1.47. The molecule has 0 atom stereocenters. The smallest absolute Gasteiger partial charge is 0.272 e. The summed E-state index contributed by atoms with van der Waals surface area (Å²) in [6, 6.07) is 3.29. The Balaban J connectivity index is 2.77. The zero-order valence-corrected chi connectivity index (χ0v) is 9.89. The lowest BCUT2D eigenvalue weighted by atomic mass is 10.3. The number of amides is 1. The van der Waals surface area contributed by atoms with Gasteiger partial charge in [-0.2, -0.15) is 0 Å². The standard InChI is InChI=1S/C11H18N4O2/c1-2-5-15(6-7-16)11(17)10-4-3-9(14-12)8-13-10/h3-4,8,14,16H,2,5-7,12H2,1H3. The minimum Gasteiger partial charge on any atom is -0.395 e. The second-order valence-electron chi connectivity index (χ2n) is 3.59. The molecular formula is C11H18N4O2. The van der Waals surface area contributed by atoms with E-state index in [1.165, 1.54) is 6.20 Å². The molecule has 1 heterocycles. The maximum atomic E-state index is 12.0. The SMILES string of the molecule is CCCN(CCO)C(=O)c1ccc(NN)cn1. The van der Waals surface area contributed by atoms with Crippen molar-refractivity contribution in [3.05, 3.63) is 24.0 Å². The molecule has 0 saturated heterocycles. The van der Waals surface area contributed by atoms with Crippen molar-refractivity contribution in [1.29, 1.82) is 0 Å². The minimum absolute atomic E-state index is 0.0474. The summed E-state index contributed by atoms with van der Waals surface area (Å²) in [4.78, 5) is 17.6. The summed E-state index contributed by atoms with van der Waals surface area (Å²) in [5.41, 5.74) is 3.44. The summed E-state index contributed by atoms with van der Waals surface area (Å²) in [5, 5.41) is 8.90. The second-order valence-corrected chi connectivity index (χ2v) is 3.59. The van der Waals surface area contributed by atoms with E-state index in [2.05, 4.69) is 10.4 Å². The number of aromatic nitrogens is 1. The molecule has 0 aromatic carbocycles. The van der Waals surface area contributed by atoms with E-state index >= 15 is 0 Å². The highest BCUT2D eigenvalue weighted by Crippen LogP contribution is 2.07. The Labute approximate surface area is 100 Å². The van der Waals surface area contributed by atoms with E-state index in [-0.39, 0.29) is 12.5 Å². The number of nitrogens with two attached hydrogens (primary N) is 1. The average molecular weight is 238 g/mol. The number of rotatable bonds is 6. The first-order valence-electron chi connectivity index (χ1n) is 5.55. The first kappa shape index (κ1) is 13.4. The quantitative estimate of drug-likeness (QED) is 0.487. The van der Waals surface area contributed by atoms with Crippen molar-refractivity contribution in [2.45, 2.75) is 13.3 Å². The zero-order valence-electron chi connectivity index (χ0n) is 9.89. The summed E-state index contributed by atoms with van der Waals surface area (Å²) >= 11 is 0. The van der Waals surface area contributed by atoms with Crippen molar-refractivity contribution < 1.29 is 9.90 Å². The number of pyridine rings is 1. The van der Waals surface area contributed by atoms with Crippen molar-refractivity contribution in [3.8, 4) is 0 Å².